The molecule has 0 unspecified atom stereocenters. The number of nitriles is 1. The zero-order valence-corrected chi connectivity index (χ0v) is 16.8. The number of aromatic nitrogens is 5. The minimum absolute atomic E-state index is 0.0801. The van der Waals surface area contributed by atoms with Crippen molar-refractivity contribution in [3.05, 3.63) is 90.0 Å². The number of benzene rings is 2. The monoisotopic (exact) mass is 438 g/mol. The average Bonchev–Trinajstić information content (AvgIpc) is 3.45. The summed E-state index contributed by atoms with van der Waals surface area (Å²) in [6.07, 6.45) is 5.68. The zero-order valence-electron chi connectivity index (χ0n) is 16.8. The molecule has 0 saturated carbocycles. The molecular weight excluding hydrogens is 421 g/mol. The molecule has 0 spiro atoms. The second-order valence-electron chi connectivity index (χ2n) is 7.33. The van der Waals surface area contributed by atoms with E-state index in [0.717, 1.165) is 6.07 Å². The van der Waals surface area contributed by atoms with E-state index in [2.05, 4.69) is 15.2 Å². The third kappa shape index (κ3) is 3.86. The van der Waals surface area contributed by atoms with Gasteiger partial charge in [0.15, 0.2) is 0 Å². The molecule has 1 N–H and O–H groups in total. The standard InChI is InChI=1S/C22H17F3N6O/c1-14(31-10-17(9-28-31)15-2-3-16(8-26)20(24)6-15)22(32,11-30-13-27-12-29-30)19-5-4-18(23)7-21(19)25/h2-7,9-10,12-14,32H,11H2,1H3/t14-,22-/m1/s1. The summed E-state index contributed by atoms with van der Waals surface area (Å²) in [7, 11) is 0. The van der Waals surface area contributed by atoms with Gasteiger partial charge in [0.2, 0.25) is 0 Å². The third-order valence-electron chi connectivity index (χ3n) is 5.38. The Morgan fingerprint density at radius 3 is 2.56 bits per heavy atom. The van der Waals surface area contributed by atoms with Crippen LogP contribution in [0.1, 0.15) is 24.1 Å². The highest BCUT2D eigenvalue weighted by molar-refractivity contribution is 5.63. The molecule has 162 valence electrons. The number of aliphatic hydroxyl groups is 1. The molecule has 2 atom stereocenters. The molecule has 2 heterocycles. The third-order valence-corrected chi connectivity index (χ3v) is 5.38. The molecular formula is C22H17F3N6O. The lowest BCUT2D eigenvalue weighted by molar-refractivity contribution is -0.0368. The molecule has 0 amide bonds. The van der Waals surface area contributed by atoms with Crippen LogP contribution in [0.5, 0.6) is 0 Å². The molecule has 0 bridgehead atoms. The van der Waals surface area contributed by atoms with Crippen LogP contribution in [0.15, 0.2) is 61.4 Å². The Balaban J connectivity index is 1.74. The molecule has 0 aliphatic carbocycles. The minimum atomic E-state index is -1.88. The summed E-state index contributed by atoms with van der Waals surface area (Å²) in [6.45, 7) is 1.44. The van der Waals surface area contributed by atoms with E-state index in [9.17, 15) is 18.3 Å². The van der Waals surface area contributed by atoms with Crippen molar-refractivity contribution >= 4 is 0 Å². The van der Waals surface area contributed by atoms with Crippen molar-refractivity contribution in [2.75, 3.05) is 0 Å². The Morgan fingerprint density at radius 2 is 1.91 bits per heavy atom. The van der Waals surface area contributed by atoms with E-state index in [1.807, 2.05) is 0 Å². The molecule has 4 aromatic rings. The van der Waals surface area contributed by atoms with Crippen LogP contribution in [0.3, 0.4) is 0 Å². The van der Waals surface area contributed by atoms with Crippen molar-refractivity contribution in [1.29, 1.82) is 5.26 Å². The summed E-state index contributed by atoms with van der Waals surface area (Å²) in [5.41, 5.74) is -1.09. The van der Waals surface area contributed by atoms with Crippen LogP contribution in [0.2, 0.25) is 0 Å². The maximum atomic E-state index is 14.7. The van der Waals surface area contributed by atoms with Gasteiger partial charge in [0.05, 0.1) is 24.3 Å². The maximum Gasteiger partial charge on any atom is 0.141 e. The van der Waals surface area contributed by atoms with Crippen molar-refractivity contribution in [2.45, 2.75) is 25.1 Å². The Kier molecular flexibility index (Phi) is 5.50. The van der Waals surface area contributed by atoms with Gasteiger partial charge in [-0.15, -0.1) is 0 Å². The Morgan fingerprint density at radius 1 is 1.09 bits per heavy atom. The number of nitrogens with zero attached hydrogens (tertiary/aromatic N) is 6. The predicted molar refractivity (Wildman–Crippen MR) is 107 cm³/mol. The summed E-state index contributed by atoms with van der Waals surface area (Å²) in [5, 5.41) is 28.8. The normalized spacial score (nSPS) is 14.0. The molecule has 0 saturated heterocycles. The summed E-state index contributed by atoms with van der Waals surface area (Å²) in [5.74, 6) is -2.35. The summed E-state index contributed by atoms with van der Waals surface area (Å²) in [4.78, 5) is 3.84. The van der Waals surface area contributed by atoms with Gasteiger partial charge < -0.3 is 5.11 Å². The lowest BCUT2D eigenvalue weighted by Crippen LogP contribution is -2.40. The van der Waals surface area contributed by atoms with E-state index >= 15 is 0 Å². The van der Waals surface area contributed by atoms with Gasteiger partial charge in [-0.2, -0.15) is 15.5 Å². The molecule has 10 heteroatoms. The lowest BCUT2D eigenvalue weighted by Gasteiger charge is -2.34. The fraction of sp³-hybridized carbons (Fsp3) is 0.182. The Bertz CT molecular complexity index is 1300. The number of rotatable bonds is 6. The van der Waals surface area contributed by atoms with Crippen LogP contribution in [-0.4, -0.2) is 29.7 Å². The van der Waals surface area contributed by atoms with E-state index in [0.29, 0.717) is 17.2 Å². The first kappa shape index (κ1) is 21.3. The molecule has 0 fully saturated rings. The predicted octanol–water partition coefficient (Wildman–Crippen LogP) is 3.58. The second-order valence-corrected chi connectivity index (χ2v) is 7.33. The average molecular weight is 438 g/mol. The van der Waals surface area contributed by atoms with E-state index < -0.39 is 29.1 Å². The first-order chi connectivity index (χ1) is 15.3. The van der Waals surface area contributed by atoms with Crippen molar-refractivity contribution < 1.29 is 18.3 Å². The fourth-order valence-electron chi connectivity index (χ4n) is 3.55. The highest BCUT2D eigenvalue weighted by Gasteiger charge is 2.40. The number of hydrogen-bond acceptors (Lipinski definition) is 5. The molecule has 2 aromatic heterocycles. The lowest BCUT2D eigenvalue weighted by atomic mass is 9.86. The van der Waals surface area contributed by atoms with Gasteiger partial charge in [0.1, 0.15) is 41.8 Å². The van der Waals surface area contributed by atoms with Crippen molar-refractivity contribution in [3.63, 3.8) is 0 Å². The van der Waals surface area contributed by atoms with Gasteiger partial charge >= 0.3 is 0 Å². The van der Waals surface area contributed by atoms with Crippen LogP contribution in [0, 0.1) is 28.8 Å². The van der Waals surface area contributed by atoms with Gasteiger partial charge in [-0.1, -0.05) is 12.1 Å². The molecule has 0 aliphatic heterocycles. The molecule has 2 aromatic carbocycles. The topological polar surface area (TPSA) is 92.6 Å². The van der Waals surface area contributed by atoms with Gasteiger partial charge in [-0.3, -0.25) is 4.68 Å². The van der Waals surface area contributed by atoms with E-state index in [1.165, 1.54) is 46.4 Å². The van der Waals surface area contributed by atoms with Crippen LogP contribution in [-0.2, 0) is 12.1 Å². The minimum Gasteiger partial charge on any atom is -0.381 e. The van der Waals surface area contributed by atoms with E-state index in [1.54, 1.807) is 25.3 Å². The maximum absolute atomic E-state index is 14.7. The van der Waals surface area contributed by atoms with Gasteiger partial charge in [-0.05, 0) is 30.7 Å². The smallest absolute Gasteiger partial charge is 0.141 e. The van der Waals surface area contributed by atoms with Crippen LogP contribution in [0.4, 0.5) is 13.2 Å². The van der Waals surface area contributed by atoms with Gasteiger partial charge in [0.25, 0.3) is 0 Å². The first-order valence-electron chi connectivity index (χ1n) is 9.56. The Hall–Kier alpha value is -3.97. The van der Waals surface area contributed by atoms with Crippen LogP contribution in [0.25, 0.3) is 11.1 Å². The molecule has 0 aliphatic rings. The van der Waals surface area contributed by atoms with E-state index in [4.69, 9.17) is 5.26 Å². The second kappa shape index (κ2) is 8.28. The Labute approximate surface area is 181 Å². The van der Waals surface area contributed by atoms with Gasteiger partial charge in [0, 0.05) is 23.4 Å². The van der Waals surface area contributed by atoms with Crippen LogP contribution < -0.4 is 0 Å². The summed E-state index contributed by atoms with van der Waals surface area (Å²) in [6, 6.07) is 8.01. The number of halogens is 3. The molecule has 32 heavy (non-hydrogen) atoms. The summed E-state index contributed by atoms with van der Waals surface area (Å²) >= 11 is 0. The largest absolute Gasteiger partial charge is 0.381 e. The summed E-state index contributed by atoms with van der Waals surface area (Å²) < 4.78 is 45.0. The molecule has 0 radical (unpaired) electrons. The van der Waals surface area contributed by atoms with Crippen molar-refractivity contribution in [3.8, 4) is 17.2 Å². The van der Waals surface area contributed by atoms with Gasteiger partial charge in [-0.25, -0.2) is 22.8 Å². The van der Waals surface area contributed by atoms with Crippen molar-refractivity contribution in [1.82, 2.24) is 24.5 Å². The number of hydrogen-bond donors (Lipinski definition) is 1. The zero-order chi connectivity index (χ0) is 22.9. The first-order valence-corrected chi connectivity index (χ1v) is 9.56. The molecule has 7 nitrogen and oxygen atoms in total. The quantitative estimate of drug-likeness (QED) is 0.497. The SMILES string of the molecule is C[C@@H](n1cc(-c2ccc(C#N)c(F)c2)cn1)[C@](O)(Cn1cncn1)c1ccc(F)cc1F. The molecule has 4 rings (SSSR count). The van der Waals surface area contributed by atoms with Crippen molar-refractivity contribution in [2.24, 2.45) is 0 Å². The van der Waals surface area contributed by atoms with Crippen LogP contribution >= 0.6 is 0 Å². The fourth-order valence-corrected chi connectivity index (χ4v) is 3.55. The van der Waals surface area contributed by atoms with E-state index in [-0.39, 0.29) is 17.7 Å². The highest BCUT2D eigenvalue weighted by Crippen LogP contribution is 2.37. The highest BCUT2D eigenvalue weighted by atomic mass is 19.1.